The fourth-order valence-electron chi connectivity index (χ4n) is 0.958. The van der Waals surface area contributed by atoms with E-state index in [0.717, 1.165) is 0 Å². The van der Waals surface area contributed by atoms with Crippen LogP contribution < -0.4 is 0 Å². The van der Waals surface area contributed by atoms with Crippen molar-refractivity contribution in [2.45, 2.75) is 23.3 Å². The van der Waals surface area contributed by atoms with E-state index < -0.39 is 50.0 Å². The molecule has 0 aliphatic carbocycles. The van der Waals surface area contributed by atoms with Crippen LogP contribution in [0.25, 0.3) is 0 Å². The lowest BCUT2D eigenvalue weighted by Gasteiger charge is -2.34. The maximum Gasteiger partial charge on any atom is 0.460 e. The molecular weight excluding hydrogens is 369 g/mol. The number of alkyl halides is 10. The van der Waals surface area contributed by atoms with E-state index in [2.05, 4.69) is 0 Å². The summed E-state index contributed by atoms with van der Waals surface area (Å²) in [4.78, 5) is 0. The number of rotatable bonds is 6. The maximum atomic E-state index is 13.2. The van der Waals surface area contributed by atoms with Crippen molar-refractivity contribution in [3.05, 3.63) is 0 Å². The van der Waals surface area contributed by atoms with E-state index >= 15 is 0 Å². The summed E-state index contributed by atoms with van der Waals surface area (Å²) < 4.78 is 134. The maximum absolute atomic E-state index is 13.2. The van der Waals surface area contributed by atoms with E-state index in [4.69, 9.17) is 11.6 Å². The predicted molar refractivity (Wildman–Crippen MR) is 53.2 cm³/mol. The topological polar surface area (TPSA) is 37.4 Å². The fourth-order valence-corrected chi connectivity index (χ4v) is 2.49. The minimum Gasteiger partial charge on any atom is -0.206 e. The first-order valence-corrected chi connectivity index (χ1v) is 6.68. The Kier molecular flexibility index (Phi) is 5.53. The zero-order valence-electron chi connectivity index (χ0n) is 9.87. The monoisotopic (exact) mass is 375 g/mol. The van der Waals surface area contributed by atoms with Crippen molar-refractivity contribution < 1.29 is 47.9 Å². The van der Waals surface area contributed by atoms with Crippen LogP contribution in [-0.4, -0.2) is 55.5 Å². The van der Waals surface area contributed by atoms with Gasteiger partial charge < -0.3 is 0 Å². The second-order valence-corrected chi connectivity index (χ2v) is 6.14. The van der Waals surface area contributed by atoms with Gasteiger partial charge in [0.15, 0.2) is 0 Å². The van der Waals surface area contributed by atoms with Gasteiger partial charge in [0.1, 0.15) is 0 Å². The summed E-state index contributed by atoms with van der Waals surface area (Å²) in [7, 11) is -6.24. The molecule has 0 amide bonds. The molecular formula is C7H7ClF9NO2S. The highest BCUT2D eigenvalue weighted by Crippen LogP contribution is 2.55. The molecule has 0 saturated carbocycles. The van der Waals surface area contributed by atoms with Crippen LogP contribution in [0.2, 0.25) is 0 Å². The van der Waals surface area contributed by atoms with E-state index in [1.165, 1.54) is 0 Å². The Hall–Kier alpha value is -0.430. The summed E-state index contributed by atoms with van der Waals surface area (Å²) in [6, 6.07) is 0. The second-order valence-electron chi connectivity index (χ2n) is 3.68. The van der Waals surface area contributed by atoms with Crippen molar-refractivity contribution in [1.82, 2.24) is 4.31 Å². The first kappa shape index (κ1) is 20.6. The summed E-state index contributed by atoms with van der Waals surface area (Å²) in [5, 5.41) is -6.71. The van der Waals surface area contributed by atoms with Gasteiger partial charge in [-0.1, -0.05) is 0 Å². The zero-order valence-corrected chi connectivity index (χ0v) is 11.4. The molecule has 0 rings (SSSR count). The smallest absolute Gasteiger partial charge is 0.206 e. The van der Waals surface area contributed by atoms with Gasteiger partial charge in [0, 0.05) is 19.5 Å². The van der Waals surface area contributed by atoms with E-state index in [0.29, 0.717) is 0 Å². The highest BCUT2D eigenvalue weighted by Gasteiger charge is 2.85. The molecule has 0 aromatic rings. The molecule has 0 unspecified atom stereocenters. The predicted octanol–water partition coefficient (Wildman–Crippen LogP) is 2.91. The number of halogens is 10. The number of sulfonamides is 1. The van der Waals surface area contributed by atoms with Crippen molar-refractivity contribution in [2.24, 2.45) is 0 Å². The molecule has 0 aromatic carbocycles. The van der Waals surface area contributed by atoms with Crippen LogP contribution in [0, 0.1) is 0 Å². The lowest BCUT2D eigenvalue weighted by molar-refractivity contribution is -0.382. The standard InChI is InChI=1S/C7H7ClF9NO2S/c1-18(3-2-8)21(19,20)7(16,17)5(11,12)4(9,10)6(13,14)15/h2-3H2,1H3. The third kappa shape index (κ3) is 3.04. The molecule has 0 aliphatic heterocycles. The van der Waals surface area contributed by atoms with E-state index in [9.17, 15) is 47.9 Å². The Morgan fingerprint density at radius 3 is 1.57 bits per heavy atom. The van der Waals surface area contributed by atoms with Gasteiger partial charge in [-0.2, -0.15) is 43.8 Å². The Morgan fingerprint density at radius 1 is 0.905 bits per heavy atom. The van der Waals surface area contributed by atoms with Gasteiger partial charge in [0.25, 0.3) is 10.0 Å². The van der Waals surface area contributed by atoms with Gasteiger partial charge in [-0.25, -0.2) is 8.42 Å². The molecule has 14 heteroatoms. The molecule has 0 radical (unpaired) electrons. The Morgan fingerprint density at radius 2 is 1.29 bits per heavy atom. The highest BCUT2D eigenvalue weighted by molar-refractivity contribution is 7.90. The van der Waals surface area contributed by atoms with Crippen molar-refractivity contribution >= 4 is 21.6 Å². The van der Waals surface area contributed by atoms with Crippen LogP contribution in [0.3, 0.4) is 0 Å². The minimum atomic E-state index is -7.27. The van der Waals surface area contributed by atoms with Gasteiger partial charge in [-0.15, -0.1) is 11.6 Å². The third-order valence-corrected chi connectivity index (χ3v) is 4.33. The second kappa shape index (κ2) is 5.65. The molecule has 0 saturated heterocycles. The van der Waals surface area contributed by atoms with E-state index in [1.807, 2.05) is 0 Å². The molecule has 0 aromatic heterocycles. The van der Waals surface area contributed by atoms with Crippen LogP contribution in [0.4, 0.5) is 39.5 Å². The largest absolute Gasteiger partial charge is 0.460 e. The van der Waals surface area contributed by atoms with Gasteiger partial charge >= 0.3 is 23.3 Å². The van der Waals surface area contributed by atoms with Crippen molar-refractivity contribution in [2.75, 3.05) is 19.5 Å². The van der Waals surface area contributed by atoms with Gasteiger partial charge in [-0.05, 0) is 0 Å². The number of nitrogens with zero attached hydrogens (tertiary/aromatic N) is 1. The van der Waals surface area contributed by atoms with E-state index in [1.54, 1.807) is 0 Å². The molecule has 0 bridgehead atoms. The Bertz CT molecular complexity index is 475. The van der Waals surface area contributed by atoms with E-state index in [-0.39, 0.29) is 7.05 Å². The molecule has 0 aliphatic rings. The van der Waals surface area contributed by atoms with Crippen molar-refractivity contribution in [3.63, 3.8) is 0 Å². The lowest BCUT2D eigenvalue weighted by atomic mass is 10.1. The molecule has 0 N–H and O–H groups in total. The number of hydrogen-bond acceptors (Lipinski definition) is 2. The molecule has 128 valence electrons. The Labute approximate surface area is 117 Å². The van der Waals surface area contributed by atoms with Gasteiger partial charge in [0.05, 0.1) is 0 Å². The highest BCUT2D eigenvalue weighted by atomic mass is 35.5. The summed E-state index contributed by atoms with van der Waals surface area (Å²) in [6.45, 7) is -1.01. The quantitative estimate of drug-likeness (QED) is 0.529. The first-order chi connectivity index (χ1) is 8.98. The van der Waals surface area contributed by atoms with Crippen LogP contribution in [-0.2, 0) is 10.0 Å². The summed E-state index contributed by atoms with van der Waals surface area (Å²) in [5.41, 5.74) is 0. The van der Waals surface area contributed by atoms with Crippen LogP contribution in [0.15, 0.2) is 0 Å². The average molecular weight is 376 g/mol. The first-order valence-electron chi connectivity index (χ1n) is 4.70. The van der Waals surface area contributed by atoms with Crippen LogP contribution >= 0.6 is 11.6 Å². The molecule has 0 atom stereocenters. The molecule has 0 fully saturated rings. The normalized spacial score (nSPS) is 15.6. The minimum absolute atomic E-state index is 0.271. The SMILES string of the molecule is CN(CCCl)S(=O)(=O)C(F)(F)C(F)(F)C(F)(F)C(F)(F)F. The fraction of sp³-hybridized carbons (Fsp3) is 1.00. The average Bonchev–Trinajstić information content (AvgIpc) is 2.26. The summed E-state index contributed by atoms with van der Waals surface area (Å²) in [5.74, 6) is -15.2. The van der Waals surface area contributed by atoms with Crippen molar-refractivity contribution in [3.8, 4) is 0 Å². The number of hydrogen-bond donors (Lipinski definition) is 0. The lowest BCUT2D eigenvalue weighted by Crippen LogP contribution is -2.65. The van der Waals surface area contributed by atoms with Crippen LogP contribution in [0.1, 0.15) is 0 Å². The van der Waals surface area contributed by atoms with Gasteiger partial charge in [-0.3, -0.25) is 0 Å². The molecule has 0 heterocycles. The summed E-state index contributed by atoms with van der Waals surface area (Å²) >= 11 is 4.96. The zero-order chi connectivity index (χ0) is 17.5. The summed E-state index contributed by atoms with van der Waals surface area (Å²) in [6.07, 6.45) is -7.08. The molecule has 0 spiro atoms. The molecule has 3 nitrogen and oxygen atoms in total. The van der Waals surface area contributed by atoms with Crippen LogP contribution in [0.5, 0.6) is 0 Å². The van der Waals surface area contributed by atoms with Crippen molar-refractivity contribution in [1.29, 1.82) is 0 Å². The Balaban J connectivity index is 6.02. The van der Waals surface area contributed by atoms with Gasteiger partial charge in [0.2, 0.25) is 0 Å². The molecule has 21 heavy (non-hydrogen) atoms. The third-order valence-electron chi connectivity index (χ3n) is 2.25.